The van der Waals surface area contributed by atoms with Crippen LogP contribution in [0, 0.1) is 6.92 Å². The van der Waals surface area contributed by atoms with Crippen LogP contribution in [-0.4, -0.2) is 35.6 Å². The topological polar surface area (TPSA) is 53.9 Å². The van der Waals surface area contributed by atoms with Gasteiger partial charge in [-0.2, -0.15) is 0 Å². The molecule has 0 radical (unpaired) electrons. The lowest BCUT2D eigenvalue weighted by Gasteiger charge is -2.22. The second-order valence-electron chi connectivity index (χ2n) is 5.07. The van der Waals surface area contributed by atoms with Gasteiger partial charge in [0.15, 0.2) is 0 Å². The minimum Gasteiger partial charge on any atom is -0.373 e. The van der Waals surface area contributed by atoms with E-state index >= 15 is 0 Å². The maximum Gasteiger partial charge on any atom is 0.137 e. The van der Waals surface area contributed by atoms with E-state index in [1.165, 1.54) is 5.56 Å². The number of aryl methyl sites for hydroxylation is 1. The zero-order valence-electron chi connectivity index (χ0n) is 13.2. The molecule has 0 aliphatic rings. The fraction of sp³-hybridized carbons (Fsp3) is 0.438. The van der Waals surface area contributed by atoms with Crippen molar-refractivity contribution in [3.8, 4) is 0 Å². The minimum absolute atomic E-state index is 0.833. The molecule has 0 aliphatic heterocycles. The number of rotatable bonds is 6. The van der Waals surface area contributed by atoms with E-state index in [4.69, 9.17) is 0 Å². The normalized spacial score (nSPS) is 10.5. The molecule has 0 aromatic carbocycles. The summed E-state index contributed by atoms with van der Waals surface area (Å²) < 4.78 is 0. The van der Waals surface area contributed by atoms with Crippen molar-refractivity contribution in [1.82, 2.24) is 15.0 Å². The van der Waals surface area contributed by atoms with Crippen LogP contribution in [-0.2, 0) is 12.8 Å². The summed E-state index contributed by atoms with van der Waals surface area (Å²) in [5.41, 5.74) is 2.38. The number of nitrogens with zero attached hydrogens (tertiary/aromatic N) is 4. The predicted molar refractivity (Wildman–Crippen MR) is 86.9 cm³/mol. The molecule has 2 aromatic heterocycles. The first-order valence-electron chi connectivity index (χ1n) is 7.31. The Morgan fingerprint density at radius 2 is 1.90 bits per heavy atom. The van der Waals surface area contributed by atoms with Gasteiger partial charge in [0, 0.05) is 45.0 Å². The zero-order chi connectivity index (χ0) is 15.2. The SMILES string of the molecule is CCc1nc(NC)c(C)c(N(C)CCc2ccncc2)n1. The van der Waals surface area contributed by atoms with Crippen LogP contribution in [0.25, 0.3) is 0 Å². The lowest BCUT2D eigenvalue weighted by Crippen LogP contribution is -2.23. The maximum absolute atomic E-state index is 4.67. The highest BCUT2D eigenvalue weighted by molar-refractivity contribution is 5.58. The van der Waals surface area contributed by atoms with Crippen molar-refractivity contribution in [2.24, 2.45) is 0 Å². The Balaban J connectivity index is 2.16. The average Bonchev–Trinajstić information content (AvgIpc) is 2.53. The minimum atomic E-state index is 0.833. The Labute approximate surface area is 126 Å². The van der Waals surface area contributed by atoms with Gasteiger partial charge in [-0.15, -0.1) is 0 Å². The molecule has 0 aliphatic carbocycles. The lowest BCUT2D eigenvalue weighted by molar-refractivity contribution is 0.830. The molecule has 2 heterocycles. The largest absolute Gasteiger partial charge is 0.373 e. The number of hydrogen-bond donors (Lipinski definition) is 1. The maximum atomic E-state index is 4.67. The summed E-state index contributed by atoms with van der Waals surface area (Å²) in [7, 11) is 3.98. The molecule has 1 N–H and O–H groups in total. The monoisotopic (exact) mass is 285 g/mol. The fourth-order valence-electron chi connectivity index (χ4n) is 2.28. The van der Waals surface area contributed by atoms with E-state index < -0.39 is 0 Å². The fourth-order valence-corrected chi connectivity index (χ4v) is 2.28. The first kappa shape index (κ1) is 15.2. The standard InChI is InChI=1S/C16H23N5/c1-5-14-19-15(17-3)12(2)16(20-14)21(4)11-8-13-6-9-18-10-7-13/h6-7,9-10H,5,8,11H2,1-4H3,(H,17,19,20). The molecule has 0 bridgehead atoms. The molecular formula is C16H23N5. The van der Waals surface area contributed by atoms with E-state index in [9.17, 15) is 0 Å². The Bertz CT molecular complexity index is 583. The summed E-state index contributed by atoms with van der Waals surface area (Å²) >= 11 is 0. The van der Waals surface area contributed by atoms with Crippen molar-refractivity contribution in [3.63, 3.8) is 0 Å². The second-order valence-corrected chi connectivity index (χ2v) is 5.07. The predicted octanol–water partition coefficient (Wildman–Crippen LogP) is 2.46. The van der Waals surface area contributed by atoms with Crippen LogP contribution in [0.15, 0.2) is 24.5 Å². The van der Waals surface area contributed by atoms with E-state index in [0.29, 0.717) is 0 Å². The summed E-state index contributed by atoms with van der Waals surface area (Å²) in [4.78, 5) is 15.4. The number of nitrogens with one attached hydrogen (secondary N) is 1. The van der Waals surface area contributed by atoms with E-state index in [2.05, 4.69) is 58.2 Å². The molecule has 21 heavy (non-hydrogen) atoms. The zero-order valence-corrected chi connectivity index (χ0v) is 13.2. The van der Waals surface area contributed by atoms with Crippen molar-refractivity contribution in [2.45, 2.75) is 26.7 Å². The molecular weight excluding hydrogens is 262 g/mol. The van der Waals surface area contributed by atoms with Crippen molar-refractivity contribution in [2.75, 3.05) is 30.9 Å². The van der Waals surface area contributed by atoms with Gasteiger partial charge in [0.05, 0.1) is 0 Å². The third-order valence-corrected chi connectivity index (χ3v) is 3.57. The van der Waals surface area contributed by atoms with Crippen molar-refractivity contribution in [1.29, 1.82) is 0 Å². The van der Waals surface area contributed by atoms with E-state index in [1.807, 2.05) is 19.4 Å². The molecule has 0 atom stereocenters. The van der Waals surface area contributed by atoms with Crippen LogP contribution >= 0.6 is 0 Å². The van der Waals surface area contributed by atoms with Crippen LogP contribution in [0.4, 0.5) is 11.6 Å². The molecule has 2 rings (SSSR count). The summed E-state index contributed by atoms with van der Waals surface area (Å²) in [5, 5.41) is 3.15. The molecule has 5 heteroatoms. The van der Waals surface area contributed by atoms with Gasteiger partial charge in [-0.1, -0.05) is 6.92 Å². The average molecular weight is 285 g/mol. The summed E-state index contributed by atoms with van der Waals surface area (Å²) in [6.07, 6.45) is 5.47. The molecule has 0 saturated heterocycles. The van der Waals surface area contributed by atoms with Crippen molar-refractivity contribution < 1.29 is 0 Å². The third-order valence-electron chi connectivity index (χ3n) is 3.57. The van der Waals surface area contributed by atoms with Gasteiger partial charge in [0.2, 0.25) is 0 Å². The smallest absolute Gasteiger partial charge is 0.137 e. The van der Waals surface area contributed by atoms with Gasteiger partial charge in [-0.25, -0.2) is 9.97 Å². The number of aromatic nitrogens is 3. The van der Waals surface area contributed by atoms with Crippen molar-refractivity contribution in [3.05, 3.63) is 41.5 Å². The molecule has 0 fully saturated rings. The third kappa shape index (κ3) is 3.68. The van der Waals surface area contributed by atoms with Crippen LogP contribution in [0.2, 0.25) is 0 Å². The van der Waals surface area contributed by atoms with Crippen LogP contribution in [0.5, 0.6) is 0 Å². The van der Waals surface area contributed by atoms with E-state index in [0.717, 1.165) is 42.4 Å². The molecule has 5 nitrogen and oxygen atoms in total. The summed E-state index contributed by atoms with van der Waals surface area (Å²) in [6, 6.07) is 4.11. The van der Waals surface area contributed by atoms with Gasteiger partial charge < -0.3 is 10.2 Å². The van der Waals surface area contributed by atoms with Crippen LogP contribution in [0.1, 0.15) is 23.9 Å². The molecule has 0 unspecified atom stereocenters. The quantitative estimate of drug-likeness (QED) is 0.883. The van der Waals surface area contributed by atoms with Crippen LogP contribution < -0.4 is 10.2 Å². The van der Waals surface area contributed by atoms with Gasteiger partial charge in [-0.3, -0.25) is 4.98 Å². The number of anilines is 2. The van der Waals surface area contributed by atoms with Gasteiger partial charge in [0.1, 0.15) is 17.5 Å². The Hall–Kier alpha value is -2.17. The first-order chi connectivity index (χ1) is 10.2. The highest BCUT2D eigenvalue weighted by Crippen LogP contribution is 2.22. The molecule has 0 amide bonds. The molecule has 112 valence electrons. The van der Waals surface area contributed by atoms with Gasteiger partial charge in [-0.05, 0) is 31.0 Å². The highest BCUT2D eigenvalue weighted by atomic mass is 15.2. The number of pyridine rings is 1. The van der Waals surface area contributed by atoms with Gasteiger partial charge >= 0.3 is 0 Å². The summed E-state index contributed by atoms with van der Waals surface area (Å²) in [5.74, 6) is 2.78. The Morgan fingerprint density at radius 3 is 2.52 bits per heavy atom. The number of likely N-dealkylation sites (N-methyl/N-ethyl adjacent to an activating group) is 1. The van der Waals surface area contributed by atoms with E-state index in [-0.39, 0.29) is 0 Å². The Morgan fingerprint density at radius 1 is 1.19 bits per heavy atom. The first-order valence-corrected chi connectivity index (χ1v) is 7.31. The Kier molecular flexibility index (Phi) is 5.09. The van der Waals surface area contributed by atoms with Gasteiger partial charge in [0.25, 0.3) is 0 Å². The van der Waals surface area contributed by atoms with Crippen LogP contribution in [0.3, 0.4) is 0 Å². The molecule has 0 saturated carbocycles. The molecule has 2 aromatic rings. The molecule has 0 spiro atoms. The number of hydrogen-bond acceptors (Lipinski definition) is 5. The van der Waals surface area contributed by atoms with E-state index in [1.54, 1.807) is 0 Å². The van der Waals surface area contributed by atoms with Crippen molar-refractivity contribution >= 4 is 11.6 Å². The highest BCUT2D eigenvalue weighted by Gasteiger charge is 2.13. The second kappa shape index (κ2) is 7.02. The lowest BCUT2D eigenvalue weighted by atomic mass is 10.2. The summed E-state index contributed by atoms with van der Waals surface area (Å²) in [6.45, 7) is 5.04.